The van der Waals surface area contributed by atoms with Gasteiger partial charge in [0.1, 0.15) is 11.4 Å². The summed E-state index contributed by atoms with van der Waals surface area (Å²) in [5.41, 5.74) is 2.41. The van der Waals surface area contributed by atoms with Crippen LogP contribution in [0.2, 0.25) is 0 Å². The Bertz CT molecular complexity index is 955. The number of hydrogen-bond acceptors (Lipinski definition) is 6. The molecule has 2 aromatic rings. The first-order valence-electron chi connectivity index (χ1n) is 10.4. The quantitative estimate of drug-likeness (QED) is 0.755. The maximum absolute atomic E-state index is 12.2. The van der Waals surface area contributed by atoms with Crippen LogP contribution in [0.25, 0.3) is 0 Å². The third-order valence-electron chi connectivity index (χ3n) is 5.97. The summed E-state index contributed by atoms with van der Waals surface area (Å²) in [7, 11) is 0. The van der Waals surface area contributed by atoms with Gasteiger partial charge in [-0.1, -0.05) is 24.3 Å². The molecule has 0 saturated carbocycles. The van der Waals surface area contributed by atoms with Gasteiger partial charge in [0.25, 0.3) is 10.9 Å². The molecule has 0 unspecified atom stereocenters. The van der Waals surface area contributed by atoms with Crippen molar-refractivity contribution in [2.45, 2.75) is 51.1 Å². The normalized spacial score (nSPS) is 19.6. The molecule has 4 rings (SSSR count). The summed E-state index contributed by atoms with van der Waals surface area (Å²) in [5, 5.41) is 6.60. The van der Waals surface area contributed by atoms with E-state index >= 15 is 0 Å². The van der Waals surface area contributed by atoms with E-state index in [1.165, 1.54) is 11.1 Å². The average Bonchev–Trinajstić information content (AvgIpc) is 2.76. The summed E-state index contributed by atoms with van der Waals surface area (Å²) in [6.45, 7) is 3.30. The Hall–Kier alpha value is -2.83. The van der Waals surface area contributed by atoms with E-state index in [-0.39, 0.29) is 18.2 Å². The van der Waals surface area contributed by atoms with Crippen LogP contribution in [0.5, 0.6) is 0 Å². The van der Waals surface area contributed by atoms with Gasteiger partial charge in [0.05, 0.1) is 12.6 Å². The number of piperidine rings is 1. The molecule has 7 nitrogen and oxygen atoms in total. The lowest BCUT2D eigenvalue weighted by atomic mass is 9.87. The molecule has 2 aliphatic rings. The summed E-state index contributed by atoms with van der Waals surface area (Å²) < 4.78 is 5.04. The minimum Gasteiger partial charge on any atom is -0.450 e. The van der Waals surface area contributed by atoms with E-state index in [1.54, 1.807) is 11.8 Å². The van der Waals surface area contributed by atoms with Gasteiger partial charge in [-0.05, 0) is 50.2 Å². The maximum Gasteiger partial charge on any atom is 0.409 e. The number of carbonyl (C=O) groups is 1. The van der Waals surface area contributed by atoms with Crippen molar-refractivity contribution in [3.63, 3.8) is 0 Å². The molecule has 2 aromatic carbocycles. The van der Waals surface area contributed by atoms with E-state index < -0.39 is 10.9 Å². The molecule has 1 amide bonds. The number of fused-ring (bicyclic) bond motifs is 1. The number of benzene rings is 1. The van der Waals surface area contributed by atoms with Crippen molar-refractivity contribution in [2.24, 2.45) is 0 Å². The van der Waals surface area contributed by atoms with Gasteiger partial charge < -0.3 is 20.3 Å². The zero-order chi connectivity index (χ0) is 20.4. The number of rotatable bonds is 5. The van der Waals surface area contributed by atoms with Crippen LogP contribution in [0.4, 0.5) is 16.2 Å². The fraction of sp³-hybridized carbons (Fsp3) is 0.500. The zero-order valence-corrected chi connectivity index (χ0v) is 16.7. The van der Waals surface area contributed by atoms with Crippen molar-refractivity contribution in [1.29, 1.82) is 0 Å². The van der Waals surface area contributed by atoms with Crippen molar-refractivity contribution < 1.29 is 9.53 Å². The second-order valence-electron chi connectivity index (χ2n) is 7.80. The van der Waals surface area contributed by atoms with E-state index in [2.05, 4.69) is 22.8 Å². The number of ether oxygens (including phenoxy) is 1. The molecule has 2 N–H and O–H groups in total. The average molecular weight is 397 g/mol. The van der Waals surface area contributed by atoms with Crippen molar-refractivity contribution in [1.82, 2.24) is 4.90 Å². The molecule has 0 radical (unpaired) electrons. The minimum absolute atomic E-state index is 0.0504. The summed E-state index contributed by atoms with van der Waals surface area (Å²) in [6, 6.07) is 8.38. The highest BCUT2D eigenvalue weighted by atomic mass is 16.6. The number of aryl methyl sites for hydroxylation is 1. The smallest absolute Gasteiger partial charge is 0.409 e. The highest BCUT2D eigenvalue weighted by Crippen LogP contribution is 2.33. The molecule has 0 bridgehead atoms. The van der Waals surface area contributed by atoms with E-state index in [9.17, 15) is 14.4 Å². The van der Waals surface area contributed by atoms with Gasteiger partial charge in [0, 0.05) is 19.1 Å². The van der Waals surface area contributed by atoms with Gasteiger partial charge in [-0.3, -0.25) is 9.59 Å². The van der Waals surface area contributed by atoms with Crippen LogP contribution >= 0.6 is 0 Å². The number of carbonyl (C=O) groups excluding carboxylic acids is 1. The molecule has 154 valence electrons. The number of amides is 1. The molecule has 7 heteroatoms. The molecule has 1 atom stereocenters. The fourth-order valence-corrected chi connectivity index (χ4v) is 4.37. The molecule has 1 aliphatic heterocycles. The minimum atomic E-state index is -0.454. The standard InChI is InChI=1S/C22H27N3O4/c1-2-29-22(28)25-12-10-15(11-13-25)23-18-19(21(27)20(18)26)24-17-9-5-7-14-6-3-4-8-16(14)17/h3-4,6,8,15,17,23-24H,2,5,7,9-13H2,1H3/t17-/m1/s1. The van der Waals surface area contributed by atoms with Crippen molar-refractivity contribution in [2.75, 3.05) is 30.3 Å². The third kappa shape index (κ3) is 3.86. The lowest BCUT2D eigenvalue weighted by Gasteiger charge is -2.33. The zero-order valence-electron chi connectivity index (χ0n) is 16.7. The molecule has 1 heterocycles. The largest absolute Gasteiger partial charge is 0.450 e. The molecule has 1 fully saturated rings. The van der Waals surface area contributed by atoms with Gasteiger partial charge in [-0.25, -0.2) is 4.79 Å². The number of likely N-dealkylation sites (tertiary alicyclic amines) is 1. The molecular weight excluding hydrogens is 370 g/mol. The summed E-state index contributed by atoms with van der Waals surface area (Å²) in [5.74, 6) is 0. The Balaban J connectivity index is 1.42. The van der Waals surface area contributed by atoms with Crippen LogP contribution in [0.1, 0.15) is 49.8 Å². The molecule has 1 saturated heterocycles. The Labute approximate surface area is 169 Å². The molecular formula is C22H27N3O4. The highest BCUT2D eigenvalue weighted by Gasteiger charge is 2.30. The molecule has 1 aliphatic carbocycles. The van der Waals surface area contributed by atoms with Gasteiger partial charge >= 0.3 is 6.09 Å². The van der Waals surface area contributed by atoms with Crippen molar-refractivity contribution in [3.8, 4) is 0 Å². The second kappa shape index (κ2) is 8.27. The monoisotopic (exact) mass is 397 g/mol. The first kappa shape index (κ1) is 19.5. The van der Waals surface area contributed by atoms with E-state index in [4.69, 9.17) is 4.74 Å². The van der Waals surface area contributed by atoms with Crippen molar-refractivity contribution in [3.05, 3.63) is 55.8 Å². The number of nitrogens with zero attached hydrogens (tertiary/aromatic N) is 1. The highest BCUT2D eigenvalue weighted by molar-refractivity contribution is 5.75. The van der Waals surface area contributed by atoms with E-state index in [0.29, 0.717) is 43.9 Å². The number of nitrogens with one attached hydrogen (secondary N) is 2. The van der Waals surface area contributed by atoms with Gasteiger partial charge in [0.15, 0.2) is 0 Å². The summed E-state index contributed by atoms with van der Waals surface area (Å²) in [4.78, 5) is 37.9. The Morgan fingerprint density at radius 2 is 1.76 bits per heavy atom. The van der Waals surface area contributed by atoms with Crippen LogP contribution in [0, 0.1) is 0 Å². The summed E-state index contributed by atoms with van der Waals surface area (Å²) in [6.07, 6.45) is 4.17. The first-order chi connectivity index (χ1) is 14.1. The number of anilines is 2. The molecule has 0 aromatic heterocycles. The van der Waals surface area contributed by atoms with Crippen LogP contribution < -0.4 is 21.5 Å². The second-order valence-corrected chi connectivity index (χ2v) is 7.80. The predicted molar refractivity (Wildman–Crippen MR) is 112 cm³/mol. The van der Waals surface area contributed by atoms with E-state index in [0.717, 1.165) is 19.3 Å². The van der Waals surface area contributed by atoms with Crippen LogP contribution in [0.15, 0.2) is 33.9 Å². The lowest BCUT2D eigenvalue weighted by molar-refractivity contribution is 0.0983. The van der Waals surface area contributed by atoms with Gasteiger partial charge in [0.2, 0.25) is 0 Å². The lowest BCUT2D eigenvalue weighted by Crippen LogP contribution is -2.45. The van der Waals surface area contributed by atoms with Gasteiger partial charge in [-0.2, -0.15) is 0 Å². The maximum atomic E-state index is 12.2. The predicted octanol–water partition coefficient (Wildman–Crippen LogP) is 2.80. The van der Waals surface area contributed by atoms with E-state index in [1.807, 2.05) is 12.1 Å². The third-order valence-corrected chi connectivity index (χ3v) is 5.97. The SMILES string of the molecule is CCOC(=O)N1CCC(Nc2c(N[C@@H]3CCCc4ccccc43)c(=O)c2=O)CC1. The van der Waals surface area contributed by atoms with Crippen molar-refractivity contribution >= 4 is 17.5 Å². The summed E-state index contributed by atoms with van der Waals surface area (Å²) >= 11 is 0. The first-order valence-corrected chi connectivity index (χ1v) is 10.4. The van der Waals surface area contributed by atoms with Crippen LogP contribution in [-0.4, -0.2) is 36.7 Å². The Morgan fingerprint density at radius 1 is 1.07 bits per heavy atom. The molecule has 29 heavy (non-hydrogen) atoms. The Morgan fingerprint density at radius 3 is 2.48 bits per heavy atom. The fourth-order valence-electron chi connectivity index (χ4n) is 4.37. The number of hydrogen-bond donors (Lipinski definition) is 2. The van der Waals surface area contributed by atoms with Gasteiger partial charge in [-0.15, -0.1) is 0 Å². The van der Waals surface area contributed by atoms with Crippen LogP contribution in [-0.2, 0) is 11.2 Å². The topological polar surface area (TPSA) is 87.7 Å². The van der Waals surface area contributed by atoms with Crippen LogP contribution in [0.3, 0.4) is 0 Å². The Kier molecular flexibility index (Phi) is 5.56. The molecule has 0 spiro atoms.